The third-order valence-electron chi connectivity index (χ3n) is 3.86. The van der Waals surface area contributed by atoms with E-state index in [2.05, 4.69) is 16.0 Å². The molecule has 3 N–H and O–H groups in total. The molecule has 1 aliphatic rings. The Morgan fingerprint density at radius 1 is 1.14 bits per heavy atom. The number of amides is 2. The molecule has 0 aliphatic heterocycles. The molecule has 0 bridgehead atoms. The minimum atomic E-state index is -0.204. The number of thiocarbonyl (C=S) groups is 1. The minimum absolute atomic E-state index is 0.0328. The van der Waals surface area contributed by atoms with Crippen LogP contribution in [0.15, 0.2) is 24.3 Å². The van der Waals surface area contributed by atoms with Crippen LogP contribution in [0.3, 0.4) is 0 Å². The summed E-state index contributed by atoms with van der Waals surface area (Å²) in [5.74, 6) is -0.193. The molecule has 0 spiro atoms. The van der Waals surface area contributed by atoms with E-state index in [9.17, 15) is 9.59 Å². The molecule has 0 aromatic heterocycles. The van der Waals surface area contributed by atoms with Crippen LogP contribution in [0.1, 0.15) is 42.5 Å². The lowest BCUT2D eigenvalue weighted by molar-refractivity contribution is -0.124. The van der Waals surface area contributed by atoms with Crippen molar-refractivity contribution in [1.82, 2.24) is 10.6 Å². The highest BCUT2D eigenvalue weighted by molar-refractivity contribution is 7.80. The number of nitrogens with one attached hydrogen (secondary N) is 3. The first-order chi connectivity index (χ1) is 10.6. The molecule has 2 amide bonds. The molecule has 1 aliphatic carbocycles. The van der Waals surface area contributed by atoms with Crippen LogP contribution in [0.2, 0.25) is 0 Å². The standard InChI is InChI=1S/C16H21N3O2S/c1-17-15(21)12-9-5-6-10-13(12)18-16(22)19-14(20)11-7-3-2-4-8-11/h5-6,9-11H,2-4,7-8H2,1H3,(H,17,21)(H2,18,19,20,22). The fourth-order valence-corrected chi connectivity index (χ4v) is 2.87. The van der Waals surface area contributed by atoms with Gasteiger partial charge < -0.3 is 16.0 Å². The van der Waals surface area contributed by atoms with Crippen molar-refractivity contribution >= 4 is 34.8 Å². The van der Waals surface area contributed by atoms with E-state index in [1.165, 1.54) is 6.42 Å². The van der Waals surface area contributed by atoms with Gasteiger partial charge in [-0.05, 0) is 37.2 Å². The summed E-state index contributed by atoms with van der Waals surface area (Å²) in [5, 5.41) is 8.47. The van der Waals surface area contributed by atoms with Gasteiger partial charge in [-0.1, -0.05) is 31.4 Å². The van der Waals surface area contributed by atoms with Crippen molar-refractivity contribution in [2.24, 2.45) is 5.92 Å². The van der Waals surface area contributed by atoms with Crippen molar-refractivity contribution in [3.05, 3.63) is 29.8 Å². The van der Waals surface area contributed by atoms with Crippen molar-refractivity contribution in [2.45, 2.75) is 32.1 Å². The second kappa shape index (κ2) is 7.89. The van der Waals surface area contributed by atoms with E-state index in [0.717, 1.165) is 25.7 Å². The number of benzene rings is 1. The van der Waals surface area contributed by atoms with Gasteiger partial charge in [-0.15, -0.1) is 0 Å². The molecule has 118 valence electrons. The average Bonchev–Trinajstić information content (AvgIpc) is 2.55. The monoisotopic (exact) mass is 319 g/mol. The van der Waals surface area contributed by atoms with E-state index in [1.54, 1.807) is 31.3 Å². The Balaban J connectivity index is 1.97. The summed E-state index contributed by atoms with van der Waals surface area (Å²) in [6.45, 7) is 0. The summed E-state index contributed by atoms with van der Waals surface area (Å²) in [5.41, 5.74) is 1.06. The van der Waals surface area contributed by atoms with Gasteiger partial charge in [0.2, 0.25) is 5.91 Å². The smallest absolute Gasteiger partial charge is 0.253 e. The van der Waals surface area contributed by atoms with Gasteiger partial charge in [-0.3, -0.25) is 9.59 Å². The van der Waals surface area contributed by atoms with Crippen LogP contribution in [0.5, 0.6) is 0 Å². The lowest BCUT2D eigenvalue weighted by Crippen LogP contribution is -2.39. The van der Waals surface area contributed by atoms with Crippen LogP contribution in [0, 0.1) is 5.92 Å². The van der Waals surface area contributed by atoms with Gasteiger partial charge in [-0.25, -0.2) is 0 Å². The molecule has 0 atom stereocenters. The van der Waals surface area contributed by atoms with Gasteiger partial charge >= 0.3 is 0 Å². The zero-order valence-corrected chi connectivity index (χ0v) is 13.5. The molecule has 0 radical (unpaired) electrons. The maximum atomic E-state index is 12.2. The molecule has 1 aromatic rings. The molecule has 2 rings (SSSR count). The maximum Gasteiger partial charge on any atom is 0.253 e. The lowest BCUT2D eigenvalue weighted by atomic mass is 9.89. The van der Waals surface area contributed by atoms with Gasteiger partial charge in [-0.2, -0.15) is 0 Å². The second-order valence-corrected chi connectivity index (χ2v) is 5.81. The summed E-state index contributed by atoms with van der Waals surface area (Å²) in [6, 6.07) is 7.04. The Hall–Kier alpha value is -1.95. The quantitative estimate of drug-likeness (QED) is 0.749. The predicted octanol–water partition coefficient (Wildman–Crippen LogP) is 2.44. The highest BCUT2D eigenvalue weighted by Gasteiger charge is 2.22. The molecule has 0 heterocycles. The summed E-state index contributed by atoms with van der Waals surface area (Å²) < 4.78 is 0. The van der Waals surface area contributed by atoms with Gasteiger partial charge in [0, 0.05) is 13.0 Å². The first kappa shape index (κ1) is 16.4. The maximum absolute atomic E-state index is 12.2. The molecule has 1 saturated carbocycles. The third kappa shape index (κ3) is 4.27. The normalized spacial score (nSPS) is 15.0. The number of hydrogen-bond acceptors (Lipinski definition) is 3. The van der Waals surface area contributed by atoms with Crippen molar-refractivity contribution in [3.63, 3.8) is 0 Å². The second-order valence-electron chi connectivity index (χ2n) is 5.40. The molecule has 1 aromatic carbocycles. The molecule has 0 unspecified atom stereocenters. The summed E-state index contributed by atoms with van der Waals surface area (Å²) >= 11 is 5.19. The van der Waals surface area contributed by atoms with Gasteiger partial charge in [0.15, 0.2) is 5.11 Å². The topological polar surface area (TPSA) is 70.2 Å². The van der Waals surface area contributed by atoms with Crippen molar-refractivity contribution in [2.75, 3.05) is 12.4 Å². The van der Waals surface area contributed by atoms with Crippen LogP contribution in [0.4, 0.5) is 5.69 Å². The first-order valence-electron chi connectivity index (χ1n) is 7.54. The van der Waals surface area contributed by atoms with Crippen LogP contribution < -0.4 is 16.0 Å². The molecule has 22 heavy (non-hydrogen) atoms. The summed E-state index contributed by atoms with van der Waals surface area (Å²) in [7, 11) is 1.57. The van der Waals surface area contributed by atoms with Gasteiger partial charge in [0.05, 0.1) is 11.3 Å². The van der Waals surface area contributed by atoms with E-state index in [-0.39, 0.29) is 22.8 Å². The first-order valence-corrected chi connectivity index (χ1v) is 7.95. The van der Waals surface area contributed by atoms with E-state index < -0.39 is 0 Å². The fourth-order valence-electron chi connectivity index (χ4n) is 2.66. The zero-order valence-electron chi connectivity index (χ0n) is 12.6. The molecular formula is C16H21N3O2S. The average molecular weight is 319 g/mol. The van der Waals surface area contributed by atoms with Gasteiger partial charge in [0.25, 0.3) is 5.91 Å². The van der Waals surface area contributed by atoms with E-state index in [0.29, 0.717) is 11.3 Å². The Morgan fingerprint density at radius 2 is 1.82 bits per heavy atom. The SMILES string of the molecule is CNC(=O)c1ccccc1NC(=S)NC(=O)C1CCCCC1. The van der Waals surface area contributed by atoms with E-state index in [4.69, 9.17) is 12.2 Å². The molecule has 5 nitrogen and oxygen atoms in total. The van der Waals surface area contributed by atoms with Crippen LogP contribution >= 0.6 is 12.2 Å². The predicted molar refractivity (Wildman–Crippen MR) is 90.8 cm³/mol. The van der Waals surface area contributed by atoms with Crippen LogP contribution in [0.25, 0.3) is 0 Å². The number of carbonyl (C=O) groups is 2. The number of carbonyl (C=O) groups excluding carboxylic acids is 2. The zero-order chi connectivity index (χ0) is 15.9. The molecular weight excluding hydrogens is 298 g/mol. The Morgan fingerprint density at radius 3 is 2.50 bits per heavy atom. The Bertz CT molecular complexity index is 568. The minimum Gasteiger partial charge on any atom is -0.355 e. The number of rotatable bonds is 3. The lowest BCUT2D eigenvalue weighted by Gasteiger charge is -2.21. The Labute approximate surface area is 135 Å². The van der Waals surface area contributed by atoms with Crippen molar-refractivity contribution in [1.29, 1.82) is 0 Å². The third-order valence-corrected chi connectivity index (χ3v) is 4.06. The Kier molecular flexibility index (Phi) is 5.89. The molecule has 6 heteroatoms. The fraction of sp³-hybridized carbons (Fsp3) is 0.438. The number of para-hydroxylation sites is 1. The molecule has 0 saturated heterocycles. The summed E-state index contributed by atoms with van der Waals surface area (Å²) in [4.78, 5) is 24.0. The van der Waals surface area contributed by atoms with Gasteiger partial charge in [0.1, 0.15) is 0 Å². The highest BCUT2D eigenvalue weighted by Crippen LogP contribution is 2.23. The van der Waals surface area contributed by atoms with E-state index >= 15 is 0 Å². The van der Waals surface area contributed by atoms with E-state index in [1.807, 2.05) is 0 Å². The summed E-state index contributed by atoms with van der Waals surface area (Å²) in [6.07, 6.45) is 5.23. The number of anilines is 1. The number of hydrogen-bond donors (Lipinski definition) is 3. The largest absolute Gasteiger partial charge is 0.355 e. The van der Waals surface area contributed by atoms with Crippen LogP contribution in [-0.2, 0) is 4.79 Å². The highest BCUT2D eigenvalue weighted by atomic mass is 32.1. The van der Waals surface area contributed by atoms with Crippen molar-refractivity contribution < 1.29 is 9.59 Å². The van der Waals surface area contributed by atoms with Crippen molar-refractivity contribution in [3.8, 4) is 0 Å². The molecule has 1 fully saturated rings. The van der Waals surface area contributed by atoms with Crippen LogP contribution in [-0.4, -0.2) is 24.0 Å².